The molecular weight excluding hydrogens is 630 g/mol. The monoisotopic (exact) mass is 660 g/mol. The van der Waals surface area contributed by atoms with E-state index in [0.29, 0.717) is 34.0 Å². The Morgan fingerprint density at radius 2 is 1.68 bits per heavy atom. The number of amides is 1. The molecule has 1 N–H and O–H groups in total. The van der Waals surface area contributed by atoms with Gasteiger partial charge in [-0.2, -0.15) is 0 Å². The number of aliphatic carboxylic acids is 1. The standard InChI is InChI=1S/C32H31Cl2FN2O6S/c33-22-12-10-20(11-13-22)30-31(21-4-3-5-23(34)16-21)43-28(17-29(38)39)32(40)37(30)27(19-8-9-19)18-36(44(41,42)24-14-15-24)26-7-2-1-6-25(26)35/h1-7,10-13,16,19,24,27-28,30-31H,8-9,14-15,17-18H2,(H,38,39)/t27-,28-,30?,31-/m1/s1. The summed E-state index contributed by atoms with van der Waals surface area (Å²) >= 11 is 12.6. The first-order valence-corrected chi connectivity index (χ1v) is 16.8. The number of carboxylic acid groups (broad SMARTS) is 1. The molecule has 8 nitrogen and oxygen atoms in total. The Morgan fingerprint density at radius 3 is 2.30 bits per heavy atom. The van der Waals surface area contributed by atoms with E-state index >= 15 is 4.39 Å². The van der Waals surface area contributed by atoms with Crippen LogP contribution in [0, 0.1) is 11.7 Å². The van der Waals surface area contributed by atoms with Crippen LogP contribution in [0.2, 0.25) is 10.0 Å². The van der Waals surface area contributed by atoms with Crippen molar-refractivity contribution in [2.24, 2.45) is 5.92 Å². The van der Waals surface area contributed by atoms with Crippen molar-refractivity contribution in [1.29, 1.82) is 0 Å². The molecule has 0 bridgehead atoms. The predicted molar refractivity (Wildman–Crippen MR) is 165 cm³/mol. The average molecular weight is 662 g/mol. The third-order valence-corrected chi connectivity index (χ3v) is 11.2. The van der Waals surface area contributed by atoms with Gasteiger partial charge in [0.1, 0.15) is 18.0 Å². The maximum Gasteiger partial charge on any atom is 0.306 e. The van der Waals surface area contributed by atoms with Crippen LogP contribution >= 0.6 is 23.2 Å². The largest absolute Gasteiger partial charge is 0.481 e. The highest BCUT2D eigenvalue weighted by atomic mass is 35.5. The van der Waals surface area contributed by atoms with Gasteiger partial charge in [0.05, 0.1) is 36.0 Å². The van der Waals surface area contributed by atoms with E-state index in [1.165, 1.54) is 18.2 Å². The molecular formula is C32H31Cl2FN2O6S. The van der Waals surface area contributed by atoms with Crippen LogP contribution in [0.5, 0.6) is 0 Å². The molecule has 12 heteroatoms. The summed E-state index contributed by atoms with van der Waals surface area (Å²) < 4.78 is 50.3. The minimum Gasteiger partial charge on any atom is -0.481 e. The Bertz CT molecular complexity index is 1670. The molecule has 2 saturated carbocycles. The minimum absolute atomic E-state index is 0.0812. The van der Waals surface area contributed by atoms with Gasteiger partial charge in [0, 0.05) is 10.0 Å². The number of halogens is 3. The van der Waals surface area contributed by atoms with Gasteiger partial charge >= 0.3 is 5.97 Å². The summed E-state index contributed by atoms with van der Waals surface area (Å²) in [5.74, 6) is -2.57. The maximum atomic E-state index is 15.2. The number of carbonyl (C=O) groups is 2. The van der Waals surface area contributed by atoms with Crippen molar-refractivity contribution in [3.63, 3.8) is 0 Å². The molecule has 3 aromatic carbocycles. The molecule has 0 aromatic heterocycles. The van der Waals surface area contributed by atoms with Crippen LogP contribution in [0.1, 0.15) is 55.4 Å². The average Bonchev–Trinajstić information content (AvgIpc) is 3.89. The number of carboxylic acids is 1. The molecule has 1 saturated heterocycles. The lowest BCUT2D eigenvalue weighted by molar-refractivity contribution is -0.183. The fourth-order valence-corrected chi connectivity index (χ4v) is 8.22. The third kappa shape index (κ3) is 6.31. The number of hydrogen-bond donors (Lipinski definition) is 1. The summed E-state index contributed by atoms with van der Waals surface area (Å²) in [4.78, 5) is 27.9. The second kappa shape index (κ2) is 12.3. The quantitative estimate of drug-likeness (QED) is 0.255. The number of benzene rings is 3. The molecule has 4 atom stereocenters. The fraction of sp³-hybridized carbons (Fsp3) is 0.375. The Kier molecular flexibility index (Phi) is 8.63. The van der Waals surface area contributed by atoms with E-state index in [2.05, 4.69) is 0 Å². The second-order valence-corrected chi connectivity index (χ2v) is 14.6. The number of ether oxygens (including phenoxy) is 1. The summed E-state index contributed by atoms with van der Waals surface area (Å²) in [7, 11) is -3.96. The van der Waals surface area contributed by atoms with Crippen molar-refractivity contribution in [3.05, 3.63) is 99.8 Å². The van der Waals surface area contributed by atoms with Gasteiger partial charge in [0.25, 0.3) is 5.91 Å². The summed E-state index contributed by atoms with van der Waals surface area (Å²) in [5.41, 5.74) is 1.20. The SMILES string of the molecule is O=C(O)C[C@H]1O[C@H](c2cccc(Cl)c2)C(c2ccc(Cl)cc2)N([C@H](CN(c2ccccc2F)S(=O)(=O)C2CC2)C2CC2)C1=O. The number of morpholine rings is 1. The normalized spacial score (nSPS) is 22.9. The molecule has 1 unspecified atom stereocenters. The van der Waals surface area contributed by atoms with Crippen molar-refractivity contribution >= 4 is 50.8 Å². The highest BCUT2D eigenvalue weighted by Gasteiger charge is 2.52. The summed E-state index contributed by atoms with van der Waals surface area (Å²) in [6, 6.07) is 18.1. The first-order valence-electron chi connectivity index (χ1n) is 14.5. The zero-order valence-corrected chi connectivity index (χ0v) is 25.9. The van der Waals surface area contributed by atoms with Gasteiger partial charge in [-0.3, -0.25) is 13.9 Å². The van der Waals surface area contributed by atoms with Crippen LogP contribution in [0.4, 0.5) is 10.1 Å². The summed E-state index contributed by atoms with van der Waals surface area (Å²) in [6.45, 7) is -0.192. The Labute approximate surface area is 265 Å². The zero-order chi connectivity index (χ0) is 31.2. The highest BCUT2D eigenvalue weighted by Crippen LogP contribution is 2.49. The van der Waals surface area contributed by atoms with Crippen molar-refractivity contribution in [2.75, 3.05) is 10.8 Å². The van der Waals surface area contributed by atoms with Crippen LogP contribution < -0.4 is 4.31 Å². The van der Waals surface area contributed by atoms with Crippen LogP contribution in [0.25, 0.3) is 0 Å². The summed E-state index contributed by atoms with van der Waals surface area (Å²) in [6.07, 6.45) is -0.380. The third-order valence-electron chi connectivity index (χ3n) is 8.43. The number of hydrogen-bond acceptors (Lipinski definition) is 5. The van der Waals surface area contributed by atoms with Crippen LogP contribution in [-0.2, 0) is 24.3 Å². The fourth-order valence-electron chi connectivity index (χ4n) is 6.02. The smallest absolute Gasteiger partial charge is 0.306 e. The molecule has 0 radical (unpaired) electrons. The Hall–Kier alpha value is -3.18. The molecule has 1 aliphatic heterocycles. The molecule has 232 valence electrons. The van der Waals surface area contributed by atoms with E-state index < -0.39 is 63.7 Å². The van der Waals surface area contributed by atoms with Gasteiger partial charge in [0.2, 0.25) is 10.0 Å². The number of anilines is 1. The predicted octanol–water partition coefficient (Wildman–Crippen LogP) is 6.39. The Balaban J connectivity index is 1.51. The molecule has 3 aromatic rings. The van der Waals surface area contributed by atoms with Crippen molar-refractivity contribution in [2.45, 2.75) is 61.6 Å². The molecule has 3 aliphatic rings. The molecule has 3 fully saturated rings. The van der Waals surface area contributed by atoms with Gasteiger partial charge in [-0.1, -0.05) is 59.6 Å². The van der Waals surface area contributed by atoms with E-state index in [1.54, 1.807) is 59.5 Å². The highest BCUT2D eigenvalue weighted by molar-refractivity contribution is 7.93. The lowest BCUT2D eigenvalue weighted by Crippen LogP contribution is -2.59. The van der Waals surface area contributed by atoms with Crippen LogP contribution in [0.15, 0.2) is 72.8 Å². The van der Waals surface area contributed by atoms with Crippen LogP contribution in [-0.4, -0.2) is 54.2 Å². The molecule has 2 aliphatic carbocycles. The molecule has 6 rings (SSSR count). The van der Waals surface area contributed by atoms with Gasteiger partial charge in [0.15, 0.2) is 0 Å². The van der Waals surface area contributed by atoms with Crippen molar-refractivity contribution < 1.29 is 32.2 Å². The molecule has 44 heavy (non-hydrogen) atoms. The van der Waals surface area contributed by atoms with E-state index in [0.717, 1.165) is 17.1 Å². The molecule has 1 heterocycles. The molecule has 0 spiro atoms. The number of nitrogens with zero attached hydrogens (tertiary/aromatic N) is 2. The van der Waals surface area contributed by atoms with Gasteiger partial charge in [-0.05, 0) is 79.1 Å². The van der Waals surface area contributed by atoms with Crippen molar-refractivity contribution in [3.8, 4) is 0 Å². The van der Waals surface area contributed by atoms with E-state index in [4.69, 9.17) is 27.9 Å². The zero-order valence-electron chi connectivity index (χ0n) is 23.6. The number of para-hydroxylation sites is 1. The Morgan fingerprint density at radius 1 is 0.977 bits per heavy atom. The maximum absolute atomic E-state index is 15.2. The van der Waals surface area contributed by atoms with E-state index in [9.17, 15) is 23.1 Å². The van der Waals surface area contributed by atoms with Crippen molar-refractivity contribution in [1.82, 2.24) is 4.90 Å². The number of carbonyl (C=O) groups excluding carboxylic acids is 1. The van der Waals surface area contributed by atoms with Gasteiger partial charge in [-0.15, -0.1) is 0 Å². The number of sulfonamides is 1. The van der Waals surface area contributed by atoms with Crippen LogP contribution in [0.3, 0.4) is 0 Å². The first-order chi connectivity index (χ1) is 21.0. The first kappa shape index (κ1) is 30.8. The minimum atomic E-state index is -3.96. The lowest BCUT2D eigenvalue weighted by atomic mass is 9.89. The summed E-state index contributed by atoms with van der Waals surface area (Å²) in [5, 5.41) is 10.0. The number of rotatable bonds is 11. The van der Waals surface area contributed by atoms with Gasteiger partial charge < -0.3 is 14.7 Å². The topological polar surface area (TPSA) is 104 Å². The van der Waals surface area contributed by atoms with E-state index in [-0.39, 0.29) is 18.2 Å². The second-order valence-electron chi connectivity index (χ2n) is 11.6. The van der Waals surface area contributed by atoms with E-state index in [1.807, 2.05) is 0 Å². The van der Waals surface area contributed by atoms with Gasteiger partial charge in [-0.25, -0.2) is 12.8 Å². The molecule has 1 amide bonds. The lowest BCUT2D eigenvalue weighted by Gasteiger charge is -2.49.